The van der Waals surface area contributed by atoms with Crippen LogP contribution in [-0.4, -0.2) is 52.5 Å². The van der Waals surface area contributed by atoms with Gasteiger partial charge in [0, 0.05) is 18.1 Å². The van der Waals surface area contributed by atoms with E-state index in [4.69, 9.17) is 4.74 Å². The minimum atomic E-state index is -0.491. The number of alkyl carbamates (subject to hydrolysis) is 1. The number of carbonyl (C=O) groups is 1. The first-order valence-corrected chi connectivity index (χ1v) is 8.57. The minimum absolute atomic E-state index is 0.0344. The Morgan fingerprint density at radius 2 is 2.00 bits per heavy atom. The molecule has 1 saturated carbocycles. The van der Waals surface area contributed by atoms with E-state index in [9.17, 15) is 9.90 Å². The van der Waals surface area contributed by atoms with Crippen LogP contribution in [0.15, 0.2) is 0 Å². The number of hydrogen-bond donors (Lipinski definition) is 2. The lowest BCUT2D eigenvalue weighted by molar-refractivity contribution is 0.0144. The normalized spacial score (nSPS) is 26.3. The van der Waals surface area contributed by atoms with Crippen LogP contribution in [0.25, 0.3) is 0 Å². The van der Waals surface area contributed by atoms with Crippen molar-refractivity contribution in [1.82, 2.24) is 10.2 Å². The van der Waals surface area contributed by atoms with E-state index in [1.807, 2.05) is 20.8 Å². The SMILES string of the molecule is CCCN(C(C)C)C1CC(O)CCC1NC(=O)OC(C)(C)C. The van der Waals surface area contributed by atoms with Crippen molar-refractivity contribution in [2.75, 3.05) is 6.54 Å². The average molecular weight is 314 g/mol. The molecule has 2 N–H and O–H groups in total. The van der Waals surface area contributed by atoms with Gasteiger partial charge in [0.1, 0.15) is 5.60 Å². The molecule has 0 bridgehead atoms. The summed E-state index contributed by atoms with van der Waals surface area (Å²) in [5.41, 5.74) is -0.491. The quantitative estimate of drug-likeness (QED) is 0.819. The summed E-state index contributed by atoms with van der Waals surface area (Å²) in [5, 5.41) is 13.1. The number of rotatable bonds is 5. The summed E-state index contributed by atoms with van der Waals surface area (Å²) in [6.45, 7) is 13.1. The molecule has 1 aliphatic rings. The van der Waals surface area contributed by atoms with Crippen LogP contribution in [0.3, 0.4) is 0 Å². The van der Waals surface area contributed by atoms with Crippen LogP contribution >= 0.6 is 0 Å². The zero-order valence-electron chi connectivity index (χ0n) is 15.1. The van der Waals surface area contributed by atoms with Gasteiger partial charge in [0.2, 0.25) is 0 Å². The molecule has 0 saturated heterocycles. The molecule has 130 valence electrons. The molecule has 3 atom stereocenters. The summed E-state index contributed by atoms with van der Waals surface area (Å²) in [4.78, 5) is 14.5. The highest BCUT2D eigenvalue weighted by molar-refractivity contribution is 5.68. The maximum absolute atomic E-state index is 12.1. The van der Waals surface area contributed by atoms with Gasteiger partial charge in [-0.1, -0.05) is 6.92 Å². The maximum atomic E-state index is 12.1. The number of aliphatic hydroxyl groups is 1. The van der Waals surface area contributed by atoms with E-state index in [1.54, 1.807) is 0 Å². The molecule has 5 heteroatoms. The predicted molar refractivity (Wildman–Crippen MR) is 88.9 cm³/mol. The van der Waals surface area contributed by atoms with Crippen molar-refractivity contribution in [2.24, 2.45) is 0 Å². The molecule has 0 heterocycles. The molecular formula is C17H34N2O3. The van der Waals surface area contributed by atoms with Gasteiger partial charge in [-0.2, -0.15) is 0 Å². The van der Waals surface area contributed by atoms with Gasteiger partial charge in [-0.25, -0.2) is 4.79 Å². The monoisotopic (exact) mass is 314 g/mol. The number of hydrogen-bond acceptors (Lipinski definition) is 4. The topological polar surface area (TPSA) is 61.8 Å². The van der Waals surface area contributed by atoms with Gasteiger partial charge in [0.25, 0.3) is 0 Å². The Labute approximate surface area is 135 Å². The largest absolute Gasteiger partial charge is 0.444 e. The Kier molecular flexibility index (Phi) is 7.13. The standard InChI is InChI=1S/C17H34N2O3/c1-7-10-19(12(2)3)15-11-13(20)8-9-14(15)18-16(21)22-17(4,5)6/h12-15,20H,7-11H2,1-6H3,(H,18,21). The second-order valence-electron chi connectivity index (χ2n) is 7.62. The molecule has 1 fully saturated rings. The third-order valence-electron chi connectivity index (χ3n) is 4.06. The lowest BCUT2D eigenvalue weighted by atomic mass is 9.86. The Hall–Kier alpha value is -0.810. The molecule has 5 nitrogen and oxygen atoms in total. The van der Waals surface area contributed by atoms with Crippen molar-refractivity contribution in [1.29, 1.82) is 0 Å². The smallest absolute Gasteiger partial charge is 0.407 e. The number of aliphatic hydroxyl groups excluding tert-OH is 1. The van der Waals surface area contributed by atoms with Crippen molar-refractivity contribution in [3.05, 3.63) is 0 Å². The van der Waals surface area contributed by atoms with E-state index >= 15 is 0 Å². The molecule has 1 rings (SSSR count). The van der Waals surface area contributed by atoms with Crippen LogP contribution < -0.4 is 5.32 Å². The highest BCUT2D eigenvalue weighted by Gasteiger charge is 2.36. The first-order valence-electron chi connectivity index (χ1n) is 8.57. The third-order valence-corrected chi connectivity index (χ3v) is 4.06. The summed E-state index contributed by atoms with van der Waals surface area (Å²) < 4.78 is 5.38. The molecule has 0 aromatic rings. The molecule has 0 aliphatic heterocycles. The molecule has 3 unspecified atom stereocenters. The summed E-state index contributed by atoms with van der Waals surface area (Å²) in [7, 11) is 0. The predicted octanol–water partition coefficient (Wildman–Crippen LogP) is 2.91. The molecule has 1 aliphatic carbocycles. The van der Waals surface area contributed by atoms with Gasteiger partial charge in [-0.3, -0.25) is 4.90 Å². The Morgan fingerprint density at radius 1 is 1.36 bits per heavy atom. The van der Waals surface area contributed by atoms with Crippen LogP contribution in [0.4, 0.5) is 4.79 Å². The average Bonchev–Trinajstić information content (AvgIpc) is 2.35. The summed E-state index contributed by atoms with van der Waals surface area (Å²) >= 11 is 0. The van der Waals surface area contributed by atoms with Crippen LogP contribution in [0.5, 0.6) is 0 Å². The van der Waals surface area contributed by atoms with Crippen molar-refractivity contribution in [2.45, 2.75) is 97.1 Å². The fourth-order valence-corrected chi connectivity index (χ4v) is 3.18. The molecule has 0 spiro atoms. The Balaban J connectivity index is 2.78. The van der Waals surface area contributed by atoms with Crippen LogP contribution in [0, 0.1) is 0 Å². The van der Waals surface area contributed by atoms with Gasteiger partial charge in [-0.15, -0.1) is 0 Å². The molecule has 0 radical (unpaired) electrons. The second kappa shape index (κ2) is 8.16. The highest BCUT2D eigenvalue weighted by atomic mass is 16.6. The molecule has 1 amide bonds. The van der Waals surface area contributed by atoms with Gasteiger partial charge in [0.15, 0.2) is 0 Å². The van der Waals surface area contributed by atoms with Gasteiger partial charge in [-0.05, 0) is 66.8 Å². The van der Waals surface area contributed by atoms with Crippen LogP contribution in [0.1, 0.15) is 67.2 Å². The molecule has 22 heavy (non-hydrogen) atoms. The molecule has 0 aromatic carbocycles. The van der Waals surface area contributed by atoms with Gasteiger partial charge in [0.05, 0.1) is 6.10 Å². The number of ether oxygens (including phenoxy) is 1. The second-order valence-corrected chi connectivity index (χ2v) is 7.62. The van der Waals surface area contributed by atoms with E-state index in [-0.39, 0.29) is 24.3 Å². The van der Waals surface area contributed by atoms with Crippen LogP contribution in [0.2, 0.25) is 0 Å². The fraction of sp³-hybridized carbons (Fsp3) is 0.941. The third kappa shape index (κ3) is 6.13. The number of amides is 1. The zero-order valence-corrected chi connectivity index (χ0v) is 15.1. The zero-order chi connectivity index (χ0) is 16.9. The first-order chi connectivity index (χ1) is 10.1. The van der Waals surface area contributed by atoms with E-state index in [0.717, 1.165) is 25.8 Å². The van der Waals surface area contributed by atoms with E-state index in [0.29, 0.717) is 12.5 Å². The molecular weight excluding hydrogens is 280 g/mol. The summed E-state index contributed by atoms with van der Waals surface area (Å²) in [5.74, 6) is 0. The lowest BCUT2D eigenvalue weighted by Gasteiger charge is -2.43. The van der Waals surface area contributed by atoms with Crippen molar-refractivity contribution in [3.63, 3.8) is 0 Å². The fourth-order valence-electron chi connectivity index (χ4n) is 3.18. The maximum Gasteiger partial charge on any atom is 0.407 e. The lowest BCUT2D eigenvalue weighted by Crippen LogP contribution is -2.57. The van der Waals surface area contributed by atoms with E-state index < -0.39 is 5.60 Å². The minimum Gasteiger partial charge on any atom is -0.444 e. The van der Waals surface area contributed by atoms with Crippen molar-refractivity contribution in [3.8, 4) is 0 Å². The van der Waals surface area contributed by atoms with E-state index in [2.05, 4.69) is 31.0 Å². The molecule has 0 aromatic heterocycles. The summed E-state index contributed by atoms with van der Waals surface area (Å²) in [6, 6.07) is 0.585. The Bertz CT molecular complexity index is 352. The van der Waals surface area contributed by atoms with Gasteiger partial charge < -0.3 is 15.2 Å². The van der Waals surface area contributed by atoms with Gasteiger partial charge >= 0.3 is 6.09 Å². The number of nitrogens with zero attached hydrogens (tertiary/aromatic N) is 1. The number of nitrogens with one attached hydrogen (secondary N) is 1. The summed E-state index contributed by atoms with van der Waals surface area (Å²) in [6.07, 6.45) is 2.65. The van der Waals surface area contributed by atoms with Crippen molar-refractivity contribution >= 4 is 6.09 Å². The number of carbonyl (C=O) groups excluding carboxylic acids is 1. The van der Waals surface area contributed by atoms with E-state index in [1.165, 1.54) is 0 Å². The van der Waals surface area contributed by atoms with Crippen molar-refractivity contribution < 1.29 is 14.6 Å². The highest BCUT2D eigenvalue weighted by Crippen LogP contribution is 2.26. The Morgan fingerprint density at radius 3 is 2.50 bits per heavy atom. The first kappa shape index (κ1) is 19.2. The van der Waals surface area contributed by atoms with Crippen LogP contribution in [-0.2, 0) is 4.74 Å².